The number of methoxy groups -OCH3 is 1. The van der Waals surface area contributed by atoms with Crippen molar-refractivity contribution < 1.29 is 9.47 Å². The fourth-order valence-electron chi connectivity index (χ4n) is 0.823. The lowest BCUT2D eigenvalue weighted by molar-refractivity contribution is 0.0950. The Morgan fingerprint density at radius 1 is 1.62 bits per heavy atom. The van der Waals surface area contributed by atoms with Crippen molar-refractivity contribution in [2.75, 3.05) is 7.11 Å². The first-order valence-corrected chi connectivity index (χ1v) is 3.06. The van der Waals surface area contributed by atoms with Crippen LogP contribution < -0.4 is 0 Å². The minimum atomic E-state index is 0.120. The van der Waals surface area contributed by atoms with Crippen molar-refractivity contribution in [3.63, 3.8) is 0 Å². The largest absolute Gasteiger partial charge is 0.353 e. The second kappa shape index (κ2) is 2.46. The first kappa shape index (κ1) is 6.05. The predicted octanol–water partition coefficient (Wildman–Crippen LogP) is 1.16. The lowest BCUT2D eigenvalue weighted by Gasteiger charge is -1.85. The smallest absolute Gasteiger partial charge is 0.184 e. The molecule has 2 unspecified atom stereocenters. The number of hydrogen-bond acceptors (Lipinski definition) is 2. The minimum absolute atomic E-state index is 0.120. The molecule has 0 spiro atoms. The van der Waals surface area contributed by atoms with Crippen LogP contribution in [-0.4, -0.2) is 19.5 Å². The van der Waals surface area contributed by atoms with E-state index in [9.17, 15) is 0 Å². The highest BCUT2D eigenvalue weighted by Gasteiger charge is 2.37. The summed E-state index contributed by atoms with van der Waals surface area (Å²) >= 11 is 0. The topological polar surface area (TPSA) is 21.8 Å². The van der Waals surface area contributed by atoms with E-state index in [1.54, 1.807) is 7.11 Å². The van der Waals surface area contributed by atoms with E-state index in [4.69, 9.17) is 9.47 Å². The Bertz CT molecular complexity index is 72.9. The summed E-state index contributed by atoms with van der Waals surface area (Å²) in [6, 6.07) is 0. The van der Waals surface area contributed by atoms with E-state index in [2.05, 4.69) is 6.92 Å². The SMILES string of the molecule is CCCC1OC1OC. The molecule has 1 heterocycles. The van der Waals surface area contributed by atoms with E-state index in [0.717, 1.165) is 6.42 Å². The van der Waals surface area contributed by atoms with E-state index in [1.807, 2.05) is 0 Å². The number of rotatable bonds is 3. The summed E-state index contributed by atoms with van der Waals surface area (Å²) in [6.45, 7) is 2.15. The van der Waals surface area contributed by atoms with Gasteiger partial charge in [0.15, 0.2) is 6.29 Å². The Labute approximate surface area is 49.8 Å². The highest BCUT2D eigenvalue weighted by molar-refractivity contribution is 4.74. The van der Waals surface area contributed by atoms with Crippen LogP contribution in [0.5, 0.6) is 0 Å². The zero-order chi connectivity index (χ0) is 5.98. The summed E-state index contributed by atoms with van der Waals surface area (Å²) in [5.41, 5.74) is 0. The molecule has 2 atom stereocenters. The van der Waals surface area contributed by atoms with Gasteiger partial charge in [-0.15, -0.1) is 0 Å². The fraction of sp³-hybridized carbons (Fsp3) is 1.00. The molecule has 0 aromatic heterocycles. The third-order valence-corrected chi connectivity index (χ3v) is 1.34. The molecule has 0 amide bonds. The van der Waals surface area contributed by atoms with Crippen molar-refractivity contribution in [2.24, 2.45) is 0 Å². The molecule has 1 fully saturated rings. The zero-order valence-electron chi connectivity index (χ0n) is 5.39. The maximum Gasteiger partial charge on any atom is 0.184 e. The molecule has 1 aliphatic heterocycles. The van der Waals surface area contributed by atoms with Crippen molar-refractivity contribution in [3.8, 4) is 0 Å². The van der Waals surface area contributed by atoms with Gasteiger partial charge in [0.1, 0.15) is 6.10 Å². The summed E-state index contributed by atoms with van der Waals surface area (Å²) in [5, 5.41) is 0. The maximum absolute atomic E-state index is 5.08. The second-order valence-electron chi connectivity index (χ2n) is 2.07. The van der Waals surface area contributed by atoms with Gasteiger partial charge in [0.25, 0.3) is 0 Å². The van der Waals surface area contributed by atoms with Gasteiger partial charge in [0.2, 0.25) is 0 Å². The molecule has 1 aliphatic rings. The summed E-state index contributed by atoms with van der Waals surface area (Å²) in [4.78, 5) is 0. The molecular formula is C6H12O2. The lowest BCUT2D eigenvalue weighted by atomic mass is 10.3. The predicted molar refractivity (Wildman–Crippen MR) is 30.6 cm³/mol. The fourth-order valence-corrected chi connectivity index (χ4v) is 0.823. The van der Waals surface area contributed by atoms with E-state index < -0.39 is 0 Å². The van der Waals surface area contributed by atoms with Gasteiger partial charge in [-0.05, 0) is 6.42 Å². The number of hydrogen-bond donors (Lipinski definition) is 0. The third kappa shape index (κ3) is 1.20. The first-order chi connectivity index (χ1) is 3.88. The van der Waals surface area contributed by atoms with Crippen LogP contribution in [-0.2, 0) is 9.47 Å². The molecular weight excluding hydrogens is 104 g/mol. The quantitative estimate of drug-likeness (QED) is 0.516. The van der Waals surface area contributed by atoms with Crippen LogP contribution in [0.1, 0.15) is 19.8 Å². The Morgan fingerprint density at radius 3 is 2.75 bits per heavy atom. The normalized spacial score (nSPS) is 35.2. The average molecular weight is 116 g/mol. The van der Waals surface area contributed by atoms with Crippen molar-refractivity contribution in [3.05, 3.63) is 0 Å². The van der Waals surface area contributed by atoms with Crippen LogP contribution in [0.3, 0.4) is 0 Å². The van der Waals surface area contributed by atoms with Crippen molar-refractivity contribution in [1.82, 2.24) is 0 Å². The van der Waals surface area contributed by atoms with Crippen LogP contribution in [0.25, 0.3) is 0 Å². The van der Waals surface area contributed by atoms with Gasteiger partial charge in [-0.3, -0.25) is 0 Å². The minimum Gasteiger partial charge on any atom is -0.353 e. The molecule has 0 aromatic rings. The Balaban J connectivity index is 1.99. The molecule has 1 rings (SSSR count). The monoisotopic (exact) mass is 116 g/mol. The molecule has 1 saturated heterocycles. The summed E-state index contributed by atoms with van der Waals surface area (Å²) in [7, 11) is 1.68. The van der Waals surface area contributed by atoms with Crippen LogP contribution in [0.4, 0.5) is 0 Å². The Kier molecular flexibility index (Phi) is 1.86. The van der Waals surface area contributed by atoms with Gasteiger partial charge in [-0.1, -0.05) is 13.3 Å². The summed E-state index contributed by atoms with van der Waals surface area (Å²) in [5.74, 6) is 0. The Morgan fingerprint density at radius 2 is 2.38 bits per heavy atom. The van der Waals surface area contributed by atoms with Crippen molar-refractivity contribution >= 4 is 0 Å². The average Bonchev–Trinajstić information content (AvgIpc) is 2.48. The van der Waals surface area contributed by atoms with E-state index in [1.165, 1.54) is 6.42 Å². The van der Waals surface area contributed by atoms with E-state index in [0.29, 0.717) is 6.10 Å². The van der Waals surface area contributed by atoms with Crippen LogP contribution in [0.15, 0.2) is 0 Å². The molecule has 8 heavy (non-hydrogen) atoms. The van der Waals surface area contributed by atoms with Gasteiger partial charge in [0.05, 0.1) is 0 Å². The number of ether oxygens (including phenoxy) is 2. The van der Waals surface area contributed by atoms with E-state index in [-0.39, 0.29) is 6.29 Å². The molecule has 48 valence electrons. The molecule has 0 aliphatic carbocycles. The van der Waals surface area contributed by atoms with Crippen molar-refractivity contribution in [2.45, 2.75) is 32.2 Å². The molecule has 0 N–H and O–H groups in total. The van der Waals surface area contributed by atoms with Crippen molar-refractivity contribution in [1.29, 1.82) is 0 Å². The van der Waals surface area contributed by atoms with Gasteiger partial charge in [-0.25, -0.2) is 0 Å². The van der Waals surface area contributed by atoms with Gasteiger partial charge in [-0.2, -0.15) is 0 Å². The molecule has 0 radical (unpaired) electrons. The van der Waals surface area contributed by atoms with Crippen LogP contribution in [0, 0.1) is 0 Å². The maximum atomic E-state index is 5.08. The highest BCUT2D eigenvalue weighted by atomic mass is 16.8. The van der Waals surface area contributed by atoms with E-state index >= 15 is 0 Å². The second-order valence-corrected chi connectivity index (χ2v) is 2.07. The highest BCUT2D eigenvalue weighted by Crippen LogP contribution is 2.26. The van der Waals surface area contributed by atoms with Gasteiger partial charge < -0.3 is 9.47 Å². The lowest BCUT2D eigenvalue weighted by Crippen LogP contribution is -1.94. The number of epoxide rings is 1. The molecule has 2 heteroatoms. The zero-order valence-corrected chi connectivity index (χ0v) is 5.39. The molecule has 2 nitrogen and oxygen atoms in total. The standard InChI is InChI=1S/C6H12O2/c1-3-4-5-6(7-2)8-5/h5-6H,3-4H2,1-2H3. The molecule has 0 saturated carbocycles. The first-order valence-electron chi connectivity index (χ1n) is 3.06. The van der Waals surface area contributed by atoms with Crippen LogP contribution in [0.2, 0.25) is 0 Å². The summed E-state index contributed by atoms with van der Waals surface area (Å²) < 4.78 is 9.99. The van der Waals surface area contributed by atoms with Gasteiger partial charge >= 0.3 is 0 Å². The van der Waals surface area contributed by atoms with Crippen LogP contribution >= 0.6 is 0 Å². The Hall–Kier alpha value is -0.0800. The van der Waals surface area contributed by atoms with Gasteiger partial charge in [0, 0.05) is 7.11 Å². The summed E-state index contributed by atoms with van der Waals surface area (Å²) in [6.07, 6.45) is 2.85. The third-order valence-electron chi connectivity index (χ3n) is 1.34. The molecule has 0 aromatic carbocycles. The molecule has 0 bridgehead atoms.